The third-order valence-electron chi connectivity index (χ3n) is 4.38. The predicted octanol–water partition coefficient (Wildman–Crippen LogP) is 2.80. The van der Waals surface area contributed by atoms with Crippen molar-refractivity contribution in [1.29, 1.82) is 0 Å². The Morgan fingerprint density at radius 2 is 2.15 bits per heavy atom. The Bertz CT molecular complexity index is 847. The number of ether oxygens (including phenoxy) is 1. The van der Waals surface area contributed by atoms with Crippen molar-refractivity contribution < 1.29 is 9.66 Å². The second-order valence-corrected chi connectivity index (χ2v) is 6.39. The highest BCUT2D eigenvalue weighted by Crippen LogP contribution is 2.24. The van der Waals surface area contributed by atoms with Crippen molar-refractivity contribution >= 4 is 23.0 Å². The van der Waals surface area contributed by atoms with Crippen molar-refractivity contribution in [3.05, 3.63) is 56.0 Å². The lowest BCUT2D eigenvalue weighted by Crippen LogP contribution is -2.34. The molecule has 0 spiro atoms. The van der Waals surface area contributed by atoms with Crippen LogP contribution in [0.25, 0.3) is 5.69 Å². The Hall–Kier alpha value is -2.45. The molecular weight excluding hydrogens is 360 g/mol. The lowest BCUT2D eigenvalue weighted by Gasteiger charge is -2.26. The summed E-state index contributed by atoms with van der Waals surface area (Å²) in [5.41, 5.74) is 0.450. The number of hydrogen-bond acceptors (Lipinski definition) is 6. The molecule has 0 amide bonds. The smallest absolute Gasteiger partial charge is 0.292 e. The van der Waals surface area contributed by atoms with Gasteiger partial charge in [-0.25, -0.2) is 0 Å². The summed E-state index contributed by atoms with van der Waals surface area (Å²) in [7, 11) is 0. The minimum Gasteiger partial charge on any atom is -0.376 e. The van der Waals surface area contributed by atoms with Gasteiger partial charge in [-0.15, -0.1) is 0 Å². The van der Waals surface area contributed by atoms with E-state index in [0.717, 1.165) is 24.1 Å². The van der Waals surface area contributed by atoms with Gasteiger partial charge in [0.2, 0.25) is 0 Å². The Balaban J connectivity index is 1.89. The average molecular weight is 379 g/mol. The van der Waals surface area contributed by atoms with Gasteiger partial charge >= 0.3 is 0 Å². The lowest BCUT2D eigenvalue weighted by atomic mass is 10.2. The highest BCUT2D eigenvalue weighted by atomic mass is 35.5. The predicted molar refractivity (Wildman–Crippen MR) is 98.4 cm³/mol. The largest absolute Gasteiger partial charge is 0.376 e. The number of nitrogens with zero attached hydrogens (tertiary/aromatic N) is 4. The topological polar surface area (TPSA) is 90.5 Å². The first-order valence-corrected chi connectivity index (χ1v) is 8.78. The summed E-state index contributed by atoms with van der Waals surface area (Å²) in [4.78, 5) is 24.9. The van der Waals surface area contributed by atoms with Crippen LogP contribution in [0.15, 0.2) is 35.3 Å². The molecule has 0 N–H and O–H groups in total. The van der Waals surface area contributed by atoms with E-state index in [2.05, 4.69) is 5.10 Å². The van der Waals surface area contributed by atoms with Crippen LogP contribution in [-0.2, 0) is 4.74 Å². The summed E-state index contributed by atoms with van der Waals surface area (Å²) in [6.07, 6.45) is 3.70. The van der Waals surface area contributed by atoms with E-state index in [9.17, 15) is 14.9 Å². The van der Waals surface area contributed by atoms with Gasteiger partial charge in [-0.1, -0.05) is 11.6 Å². The van der Waals surface area contributed by atoms with Crippen LogP contribution in [0.4, 0.5) is 11.4 Å². The molecule has 1 aromatic carbocycles. The van der Waals surface area contributed by atoms with Crippen LogP contribution in [0.2, 0.25) is 5.02 Å². The van der Waals surface area contributed by atoms with Crippen LogP contribution >= 0.6 is 11.6 Å². The van der Waals surface area contributed by atoms with E-state index in [0.29, 0.717) is 24.5 Å². The van der Waals surface area contributed by atoms with Crippen LogP contribution in [0, 0.1) is 10.1 Å². The minimum atomic E-state index is -0.500. The van der Waals surface area contributed by atoms with Crippen LogP contribution in [0.3, 0.4) is 0 Å². The Morgan fingerprint density at radius 3 is 2.73 bits per heavy atom. The van der Waals surface area contributed by atoms with Crippen molar-refractivity contribution in [2.24, 2.45) is 0 Å². The van der Waals surface area contributed by atoms with Gasteiger partial charge < -0.3 is 9.64 Å². The maximum atomic E-state index is 12.6. The molecule has 8 nitrogen and oxygen atoms in total. The van der Waals surface area contributed by atoms with Gasteiger partial charge in [0.05, 0.1) is 28.6 Å². The Morgan fingerprint density at radius 1 is 1.42 bits per heavy atom. The molecule has 0 bridgehead atoms. The molecular formula is C17H19ClN4O4. The molecule has 2 heterocycles. The highest BCUT2D eigenvalue weighted by molar-refractivity contribution is 6.33. The summed E-state index contributed by atoms with van der Waals surface area (Å²) in [5, 5.41) is 15.0. The van der Waals surface area contributed by atoms with Gasteiger partial charge in [-0.2, -0.15) is 9.78 Å². The summed E-state index contributed by atoms with van der Waals surface area (Å²) in [5.74, 6) is 0. The fourth-order valence-corrected chi connectivity index (χ4v) is 3.22. The third kappa shape index (κ3) is 3.71. The van der Waals surface area contributed by atoms with E-state index < -0.39 is 10.5 Å². The molecule has 0 saturated carbocycles. The van der Waals surface area contributed by atoms with Crippen molar-refractivity contribution in [1.82, 2.24) is 9.78 Å². The van der Waals surface area contributed by atoms with Crippen molar-refractivity contribution in [2.75, 3.05) is 24.6 Å². The summed E-state index contributed by atoms with van der Waals surface area (Å²) >= 11 is 6.32. The van der Waals surface area contributed by atoms with E-state index in [4.69, 9.17) is 16.3 Å². The second-order valence-electron chi connectivity index (χ2n) is 6.01. The average Bonchev–Trinajstić information content (AvgIpc) is 3.15. The summed E-state index contributed by atoms with van der Waals surface area (Å²) in [6, 6.07) is 5.57. The fourth-order valence-electron chi connectivity index (χ4n) is 2.98. The first kappa shape index (κ1) is 18.3. The number of hydrogen-bond donors (Lipinski definition) is 0. The van der Waals surface area contributed by atoms with E-state index in [1.54, 1.807) is 6.20 Å². The molecule has 26 heavy (non-hydrogen) atoms. The second kappa shape index (κ2) is 7.84. The van der Waals surface area contributed by atoms with Crippen molar-refractivity contribution in [3.63, 3.8) is 0 Å². The van der Waals surface area contributed by atoms with Crippen molar-refractivity contribution in [2.45, 2.75) is 25.9 Å². The molecule has 3 rings (SSSR count). The molecule has 2 aromatic rings. The normalized spacial score (nSPS) is 16.6. The molecule has 9 heteroatoms. The number of halogens is 1. The molecule has 1 saturated heterocycles. The molecule has 0 aliphatic carbocycles. The fraction of sp³-hybridized carbons (Fsp3) is 0.412. The van der Waals surface area contributed by atoms with E-state index in [1.807, 2.05) is 11.8 Å². The van der Waals surface area contributed by atoms with Crippen LogP contribution in [0.5, 0.6) is 0 Å². The number of aromatic nitrogens is 2. The number of anilines is 1. The molecule has 1 aromatic heterocycles. The molecule has 0 radical (unpaired) electrons. The SMILES string of the molecule is CCN(CC1CCCO1)c1cnn(-c2ccc([N+](=O)[O-])cc2)c(=O)c1Cl. The van der Waals surface area contributed by atoms with Gasteiger partial charge in [0, 0.05) is 31.8 Å². The van der Waals surface area contributed by atoms with Crippen molar-refractivity contribution in [3.8, 4) is 5.69 Å². The molecule has 138 valence electrons. The van der Waals surface area contributed by atoms with Gasteiger partial charge in [0.25, 0.3) is 11.2 Å². The number of likely N-dealkylation sites (N-methyl/N-ethyl adjacent to an activating group) is 1. The number of non-ortho nitro benzene ring substituents is 1. The van der Waals surface area contributed by atoms with Gasteiger partial charge in [-0.3, -0.25) is 14.9 Å². The number of nitro groups is 1. The molecule has 1 unspecified atom stereocenters. The number of rotatable bonds is 6. The quantitative estimate of drug-likeness (QED) is 0.567. The van der Waals surface area contributed by atoms with Crippen LogP contribution in [0.1, 0.15) is 19.8 Å². The minimum absolute atomic E-state index is 0.0572. The Kier molecular flexibility index (Phi) is 5.53. The first-order chi connectivity index (χ1) is 12.5. The van der Waals surface area contributed by atoms with E-state index >= 15 is 0 Å². The molecule has 1 aliphatic rings. The zero-order valence-electron chi connectivity index (χ0n) is 14.3. The highest BCUT2D eigenvalue weighted by Gasteiger charge is 2.22. The summed E-state index contributed by atoms with van der Waals surface area (Å²) in [6.45, 7) is 4.06. The molecule has 1 atom stereocenters. The molecule has 1 aliphatic heterocycles. The Labute approximate surface area is 155 Å². The monoisotopic (exact) mass is 378 g/mol. The van der Waals surface area contributed by atoms with E-state index in [-0.39, 0.29) is 16.8 Å². The van der Waals surface area contributed by atoms with Crippen LogP contribution in [-0.4, -0.2) is 40.5 Å². The van der Waals surface area contributed by atoms with Gasteiger partial charge in [-0.05, 0) is 31.9 Å². The van der Waals surface area contributed by atoms with E-state index in [1.165, 1.54) is 24.3 Å². The van der Waals surface area contributed by atoms with Gasteiger partial charge in [0.15, 0.2) is 0 Å². The summed E-state index contributed by atoms with van der Waals surface area (Å²) < 4.78 is 6.79. The molecule has 1 fully saturated rings. The van der Waals surface area contributed by atoms with Gasteiger partial charge in [0.1, 0.15) is 5.02 Å². The standard InChI is InChI=1S/C17H19ClN4O4/c1-2-20(11-14-4-3-9-26-14)15-10-19-21(17(23)16(15)18)12-5-7-13(8-6-12)22(24)25/h5-8,10,14H,2-4,9,11H2,1H3. The van der Waals surface area contributed by atoms with Crippen LogP contribution < -0.4 is 10.5 Å². The number of benzene rings is 1. The maximum Gasteiger partial charge on any atom is 0.292 e. The third-order valence-corrected chi connectivity index (χ3v) is 4.73. The maximum absolute atomic E-state index is 12.6. The first-order valence-electron chi connectivity index (χ1n) is 8.40. The zero-order valence-corrected chi connectivity index (χ0v) is 15.1. The number of nitro benzene ring substituents is 1. The zero-order chi connectivity index (χ0) is 18.7. The lowest BCUT2D eigenvalue weighted by molar-refractivity contribution is -0.384.